The molecule has 0 N–H and O–H groups in total. The summed E-state index contributed by atoms with van der Waals surface area (Å²) in [6.45, 7) is -5.05. The third kappa shape index (κ3) is 2.53. The van der Waals surface area contributed by atoms with Crippen LogP contribution in [0.5, 0.6) is 0 Å². The van der Waals surface area contributed by atoms with Crippen molar-refractivity contribution in [3.05, 3.63) is 30.1 Å². The van der Waals surface area contributed by atoms with E-state index in [0.717, 1.165) is 22.8 Å². The number of halogens is 4. The van der Waals surface area contributed by atoms with Crippen molar-refractivity contribution in [2.24, 2.45) is 7.05 Å². The van der Waals surface area contributed by atoms with Crippen LogP contribution in [-0.2, 0) is 7.05 Å². The molecule has 0 saturated heterocycles. The van der Waals surface area contributed by atoms with Gasteiger partial charge in [-0.15, -0.1) is 0 Å². The van der Waals surface area contributed by atoms with E-state index in [4.69, 9.17) is 0 Å². The van der Waals surface area contributed by atoms with Crippen molar-refractivity contribution in [3.63, 3.8) is 0 Å². The summed E-state index contributed by atoms with van der Waals surface area (Å²) < 4.78 is 51.4. The molecule has 0 amide bonds. The van der Waals surface area contributed by atoms with Gasteiger partial charge in [-0.2, -0.15) is 0 Å². The predicted molar refractivity (Wildman–Crippen MR) is 51.6 cm³/mol. The number of hydrogen-bond donors (Lipinski definition) is 0. The fourth-order valence-electron chi connectivity index (χ4n) is 1.66. The van der Waals surface area contributed by atoms with Gasteiger partial charge in [-0.25, -0.2) is 4.39 Å². The van der Waals surface area contributed by atoms with Crippen molar-refractivity contribution in [1.29, 1.82) is 0 Å². The van der Waals surface area contributed by atoms with Crippen LogP contribution in [0.2, 0.25) is 0 Å². The normalized spacial score (nSPS) is 11.6. The van der Waals surface area contributed by atoms with Gasteiger partial charge in [0.25, 0.3) is 0 Å². The van der Waals surface area contributed by atoms with Gasteiger partial charge in [0.1, 0.15) is 5.82 Å². The molecule has 0 unspecified atom stereocenters. The second-order valence-corrected chi connectivity index (χ2v) is 3.41. The Morgan fingerprint density at radius 3 is 2.31 bits per heavy atom. The Labute approximate surface area is 132 Å². The Kier molecular flexibility index (Phi) is 4.29. The number of rotatable bonds is 1. The molecule has 0 fully saturated rings. The van der Waals surface area contributed by atoms with E-state index in [-0.39, 0.29) is 56.8 Å². The molecule has 16 heavy (non-hydrogen) atoms. The number of aromatic nitrogens is 1. The van der Waals surface area contributed by atoms with E-state index in [1.54, 1.807) is 0 Å². The maximum Gasteiger partial charge on any atom is 1.00 e. The molecule has 0 radical (unpaired) electrons. The minimum Gasteiger partial charge on any atom is -0.444 e. The van der Waals surface area contributed by atoms with Crippen molar-refractivity contribution in [3.8, 4) is 0 Å². The molecule has 0 bridgehead atoms. The van der Waals surface area contributed by atoms with Crippen LogP contribution in [0.3, 0.4) is 0 Å². The van der Waals surface area contributed by atoms with Crippen LogP contribution in [0.1, 0.15) is 0 Å². The third-order valence-corrected chi connectivity index (χ3v) is 2.38. The molecule has 0 atom stereocenters. The average molecular weight is 255 g/mol. The van der Waals surface area contributed by atoms with Gasteiger partial charge in [0, 0.05) is 12.6 Å². The Balaban J connectivity index is 0.00000128. The number of aryl methyl sites for hydroxylation is 1. The Hall–Kier alpha value is 0.181. The van der Waals surface area contributed by atoms with Gasteiger partial charge in [0.2, 0.25) is 0 Å². The minimum atomic E-state index is -5.05. The molecule has 0 aliphatic heterocycles. The summed E-state index contributed by atoms with van der Waals surface area (Å²) in [5, 5.41) is 0.270. The van der Waals surface area contributed by atoms with Crippen LogP contribution in [-0.4, -0.2) is 11.5 Å². The maximum atomic E-state index is 12.8. The number of benzene rings is 1. The quantitative estimate of drug-likeness (QED) is 0.472. The van der Waals surface area contributed by atoms with Gasteiger partial charge < -0.3 is 17.5 Å². The molecule has 7 heteroatoms. The maximum absolute atomic E-state index is 12.8. The summed E-state index contributed by atoms with van der Waals surface area (Å²) in [6.07, 6.45) is 0. The fourth-order valence-corrected chi connectivity index (χ4v) is 1.66. The molecule has 0 aliphatic rings. The zero-order valence-corrected chi connectivity index (χ0v) is 12.0. The Morgan fingerprint density at radius 2 is 1.75 bits per heavy atom. The van der Waals surface area contributed by atoms with Crippen LogP contribution >= 0.6 is 0 Å². The fraction of sp³-hybridized carbons (Fsp3) is 0.111. The van der Waals surface area contributed by atoms with Gasteiger partial charge in [-0.05, 0) is 29.2 Å². The molecule has 0 aliphatic carbocycles. The number of nitrogens with zero attached hydrogens (tertiary/aromatic N) is 1. The first-order valence-electron chi connectivity index (χ1n) is 4.34. The topological polar surface area (TPSA) is 4.93 Å². The van der Waals surface area contributed by atoms with Crippen molar-refractivity contribution >= 4 is 23.5 Å². The van der Waals surface area contributed by atoms with Crippen molar-refractivity contribution in [1.82, 2.24) is 4.57 Å². The van der Waals surface area contributed by atoms with E-state index in [9.17, 15) is 17.3 Å². The molecule has 1 heterocycles. The summed E-state index contributed by atoms with van der Waals surface area (Å²) in [5.41, 5.74) is -0.332. The van der Waals surface area contributed by atoms with Crippen LogP contribution in [0.25, 0.3) is 10.9 Å². The zero-order chi connectivity index (χ0) is 11.2. The van der Waals surface area contributed by atoms with Crippen LogP contribution in [0.4, 0.5) is 17.3 Å². The third-order valence-electron chi connectivity index (χ3n) is 2.38. The second-order valence-electron chi connectivity index (χ2n) is 3.41. The van der Waals surface area contributed by atoms with Crippen LogP contribution in [0, 0.1) is 5.82 Å². The largest absolute Gasteiger partial charge is 1.00 e. The van der Waals surface area contributed by atoms with E-state index in [1.165, 1.54) is 13.1 Å². The number of hydrogen-bond acceptors (Lipinski definition) is 0. The van der Waals surface area contributed by atoms with Gasteiger partial charge in [0.15, 0.2) is 0 Å². The van der Waals surface area contributed by atoms with E-state index in [0.29, 0.717) is 5.52 Å². The standard InChI is InChI=1S/C9H7BF4N.K/c1-15-8-3-2-7(11)4-6(8)5-9(15)10(12,13)14;/h2-5H,1H3;/q-1;+1. The van der Waals surface area contributed by atoms with Gasteiger partial charge in [-0.3, -0.25) is 0 Å². The van der Waals surface area contributed by atoms with Crippen molar-refractivity contribution in [2.75, 3.05) is 0 Å². The average Bonchev–Trinajstić information content (AvgIpc) is 2.42. The van der Waals surface area contributed by atoms with E-state index in [1.807, 2.05) is 0 Å². The molecule has 80 valence electrons. The first-order valence-corrected chi connectivity index (χ1v) is 4.34. The van der Waals surface area contributed by atoms with Gasteiger partial charge in [-0.1, -0.05) is 6.07 Å². The Bertz CT molecular complexity index is 520. The van der Waals surface area contributed by atoms with Crippen LogP contribution < -0.4 is 57.0 Å². The number of fused-ring (bicyclic) bond motifs is 1. The molecule has 1 aromatic carbocycles. The van der Waals surface area contributed by atoms with E-state index >= 15 is 0 Å². The minimum absolute atomic E-state index is 0. The zero-order valence-electron chi connectivity index (χ0n) is 8.85. The van der Waals surface area contributed by atoms with Crippen molar-refractivity contribution < 1.29 is 68.7 Å². The predicted octanol–water partition coefficient (Wildman–Crippen LogP) is -0.624. The molecule has 0 spiro atoms. The summed E-state index contributed by atoms with van der Waals surface area (Å²) in [5.74, 6) is -0.533. The second kappa shape index (κ2) is 4.81. The monoisotopic (exact) mass is 255 g/mol. The van der Waals surface area contributed by atoms with E-state index < -0.39 is 18.4 Å². The molecule has 0 saturated carbocycles. The molecular weight excluding hydrogens is 248 g/mol. The molecule has 2 aromatic rings. The summed E-state index contributed by atoms with van der Waals surface area (Å²) in [6, 6.07) is 4.56. The SMILES string of the molecule is Cn1c([B-](F)(F)F)cc2cc(F)ccc21.[K+]. The van der Waals surface area contributed by atoms with Crippen LogP contribution in [0.15, 0.2) is 24.3 Å². The molecule has 1 aromatic heterocycles. The van der Waals surface area contributed by atoms with Gasteiger partial charge >= 0.3 is 58.4 Å². The summed E-state index contributed by atoms with van der Waals surface area (Å²) in [7, 11) is 1.32. The molecule has 2 rings (SSSR count). The Morgan fingerprint density at radius 1 is 1.12 bits per heavy atom. The first-order chi connectivity index (χ1) is 6.89. The molecule has 1 nitrogen and oxygen atoms in total. The van der Waals surface area contributed by atoms with Gasteiger partial charge in [0.05, 0.1) is 0 Å². The first kappa shape index (κ1) is 14.2. The smallest absolute Gasteiger partial charge is 0.444 e. The summed E-state index contributed by atoms with van der Waals surface area (Å²) in [4.78, 5) is 0. The molecular formula is C9H7BF4KN. The summed E-state index contributed by atoms with van der Waals surface area (Å²) >= 11 is 0. The van der Waals surface area contributed by atoms with E-state index in [2.05, 4.69) is 0 Å². The van der Waals surface area contributed by atoms with Crippen molar-refractivity contribution in [2.45, 2.75) is 0 Å².